The third-order valence-electron chi connectivity index (χ3n) is 3.06. The fourth-order valence-electron chi connectivity index (χ4n) is 1.94. The van der Waals surface area contributed by atoms with Crippen LogP contribution >= 0.6 is 0 Å². The third kappa shape index (κ3) is 6.39. The highest BCUT2D eigenvalue weighted by Gasteiger charge is 2.18. The average molecular weight is 264 g/mol. The summed E-state index contributed by atoms with van der Waals surface area (Å²) in [5.41, 5.74) is 1.30. The maximum Gasteiger partial charge on any atom is 0.334 e. The first-order valence-corrected chi connectivity index (χ1v) is 7.01. The Kier molecular flexibility index (Phi) is 7.91. The first-order chi connectivity index (χ1) is 9.27. The Hall–Kier alpha value is -1.35. The molecule has 1 aromatic rings. The Labute approximate surface area is 115 Å². The van der Waals surface area contributed by atoms with Crippen LogP contribution in [-0.4, -0.2) is 25.8 Å². The van der Waals surface area contributed by atoms with Gasteiger partial charge in [0, 0.05) is 6.61 Å². The lowest BCUT2D eigenvalue weighted by Gasteiger charge is -2.15. The van der Waals surface area contributed by atoms with Gasteiger partial charge in [-0.15, -0.1) is 0 Å². The molecule has 0 bridgehead atoms. The molecule has 0 spiro atoms. The lowest BCUT2D eigenvalue weighted by Crippen LogP contribution is -2.26. The smallest absolute Gasteiger partial charge is 0.334 e. The van der Waals surface area contributed by atoms with Crippen molar-refractivity contribution in [1.82, 2.24) is 0 Å². The molecule has 0 aromatic heterocycles. The molecule has 0 radical (unpaired) electrons. The molecule has 1 unspecified atom stereocenters. The number of methoxy groups -OCH3 is 1. The van der Waals surface area contributed by atoms with Gasteiger partial charge in [-0.25, -0.2) is 4.79 Å². The molecule has 0 saturated carbocycles. The van der Waals surface area contributed by atoms with E-state index in [9.17, 15) is 4.79 Å². The van der Waals surface area contributed by atoms with Crippen LogP contribution in [0.25, 0.3) is 0 Å². The largest absolute Gasteiger partial charge is 0.467 e. The Morgan fingerprint density at radius 3 is 2.58 bits per heavy atom. The second kappa shape index (κ2) is 9.56. The zero-order valence-corrected chi connectivity index (χ0v) is 11.9. The lowest BCUT2D eigenvalue weighted by molar-refractivity contribution is -0.154. The van der Waals surface area contributed by atoms with Crippen molar-refractivity contribution in [1.29, 1.82) is 0 Å². The number of rotatable bonds is 9. The van der Waals surface area contributed by atoms with Crippen LogP contribution in [0.4, 0.5) is 0 Å². The van der Waals surface area contributed by atoms with Crippen LogP contribution in [-0.2, 0) is 20.7 Å². The summed E-state index contributed by atoms with van der Waals surface area (Å²) in [5, 5.41) is 0. The van der Waals surface area contributed by atoms with Crippen LogP contribution in [0.5, 0.6) is 0 Å². The molecule has 0 N–H and O–H groups in total. The zero-order valence-electron chi connectivity index (χ0n) is 11.9. The minimum Gasteiger partial charge on any atom is -0.467 e. The maximum atomic E-state index is 11.5. The van der Waals surface area contributed by atoms with E-state index in [-0.39, 0.29) is 5.97 Å². The Balaban J connectivity index is 2.25. The molecule has 0 heterocycles. The molecule has 3 nitrogen and oxygen atoms in total. The number of benzene rings is 1. The molecule has 19 heavy (non-hydrogen) atoms. The molecule has 3 heteroatoms. The van der Waals surface area contributed by atoms with E-state index in [0.717, 1.165) is 32.1 Å². The normalized spacial score (nSPS) is 12.1. The van der Waals surface area contributed by atoms with Gasteiger partial charge in [0.25, 0.3) is 0 Å². The summed E-state index contributed by atoms with van der Waals surface area (Å²) in [6.07, 6.45) is 4.28. The van der Waals surface area contributed by atoms with Crippen molar-refractivity contribution in [2.45, 2.75) is 45.1 Å². The van der Waals surface area contributed by atoms with Gasteiger partial charge in [0.1, 0.15) is 0 Å². The maximum absolute atomic E-state index is 11.5. The van der Waals surface area contributed by atoms with Gasteiger partial charge >= 0.3 is 5.97 Å². The highest BCUT2D eigenvalue weighted by Crippen LogP contribution is 2.09. The van der Waals surface area contributed by atoms with Crippen molar-refractivity contribution in [3.63, 3.8) is 0 Å². The summed E-state index contributed by atoms with van der Waals surface area (Å²) in [4.78, 5) is 11.5. The molecular formula is C16H24O3. The number of hydrogen-bond donors (Lipinski definition) is 0. The first kappa shape index (κ1) is 15.7. The van der Waals surface area contributed by atoms with Crippen molar-refractivity contribution < 1.29 is 14.3 Å². The molecule has 0 fully saturated rings. The number of ether oxygens (including phenoxy) is 2. The predicted molar refractivity (Wildman–Crippen MR) is 76.0 cm³/mol. The molecule has 1 rings (SSSR count). The van der Waals surface area contributed by atoms with E-state index < -0.39 is 6.10 Å². The molecule has 1 aromatic carbocycles. The molecule has 0 aliphatic carbocycles. The molecule has 106 valence electrons. The lowest BCUT2D eigenvalue weighted by atomic mass is 10.1. The van der Waals surface area contributed by atoms with Gasteiger partial charge in [-0.3, -0.25) is 0 Å². The van der Waals surface area contributed by atoms with Crippen molar-refractivity contribution in [2.75, 3.05) is 13.7 Å². The van der Waals surface area contributed by atoms with Gasteiger partial charge in [0.05, 0.1) is 7.11 Å². The van der Waals surface area contributed by atoms with Crippen LogP contribution < -0.4 is 0 Å². The predicted octanol–water partition coefficient (Wildman–Crippen LogP) is 3.37. The minimum absolute atomic E-state index is 0.256. The fourth-order valence-corrected chi connectivity index (χ4v) is 1.94. The van der Waals surface area contributed by atoms with Crippen molar-refractivity contribution in [2.24, 2.45) is 0 Å². The van der Waals surface area contributed by atoms with Crippen LogP contribution in [0.15, 0.2) is 30.3 Å². The zero-order chi connectivity index (χ0) is 13.9. The third-order valence-corrected chi connectivity index (χ3v) is 3.06. The van der Waals surface area contributed by atoms with Crippen molar-refractivity contribution in [3.05, 3.63) is 35.9 Å². The van der Waals surface area contributed by atoms with Gasteiger partial charge in [-0.1, -0.05) is 50.1 Å². The van der Waals surface area contributed by atoms with Crippen LogP contribution in [0, 0.1) is 0 Å². The van der Waals surface area contributed by atoms with E-state index in [2.05, 4.69) is 19.1 Å². The van der Waals surface area contributed by atoms with Crippen LogP contribution in [0.2, 0.25) is 0 Å². The number of esters is 1. The molecule has 0 saturated heterocycles. The summed E-state index contributed by atoms with van der Waals surface area (Å²) in [6.45, 7) is 2.70. The van der Waals surface area contributed by atoms with Gasteiger partial charge in [-0.2, -0.15) is 0 Å². The highest BCUT2D eigenvalue weighted by molar-refractivity contribution is 5.74. The molecule has 1 atom stereocenters. The van der Waals surface area contributed by atoms with E-state index in [1.165, 1.54) is 12.7 Å². The number of hydrogen-bond acceptors (Lipinski definition) is 3. The fraction of sp³-hybridized carbons (Fsp3) is 0.562. The monoisotopic (exact) mass is 264 g/mol. The van der Waals surface area contributed by atoms with E-state index in [0.29, 0.717) is 6.61 Å². The first-order valence-electron chi connectivity index (χ1n) is 7.01. The summed E-state index contributed by atoms with van der Waals surface area (Å²) in [6, 6.07) is 10.3. The van der Waals surface area contributed by atoms with E-state index >= 15 is 0 Å². The summed E-state index contributed by atoms with van der Waals surface area (Å²) in [7, 11) is 1.41. The molecule has 0 aliphatic rings. The van der Waals surface area contributed by atoms with E-state index in [1.54, 1.807) is 0 Å². The van der Waals surface area contributed by atoms with Gasteiger partial charge in [-0.05, 0) is 24.8 Å². The second-order valence-electron chi connectivity index (χ2n) is 4.61. The quantitative estimate of drug-likeness (QED) is 0.507. The number of aryl methyl sites for hydroxylation is 1. The van der Waals surface area contributed by atoms with Crippen LogP contribution in [0.1, 0.15) is 38.2 Å². The Bertz CT molecular complexity index is 348. The topological polar surface area (TPSA) is 35.5 Å². The van der Waals surface area contributed by atoms with Gasteiger partial charge in [0.15, 0.2) is 6.10 Å². The molecule has 0 aliphatic heterocycles. The second-order valence-corrected chi connectivity index (χ2v) is 4.61. The summed E-state index contributed by atoms with van der Waals surface area (Å²) < 4.78 is 10.4. The number of carbonyl (C=O) groups excluding carboxylic acids is 1. The standard InChI is InChI=1S/C16H24O3/c1-3-4-12-15(16(17)18-2)19-13-8-11-14-9-6-5-7-10-14/h5-7,9-10,15H,3-4,8,11-13H2,1-2H3. The molecular weight excluding hydrogens is 240 g/mol. The van der Waals surface area contributed by atoms with E-state index in [4.69, 9.17) is 9.47 Å². The number of carbonyl (C=O) groups is 1. The van der Waals surface area contributed by atoms with E-state index in [1.807, 2.05) is 18.2 Å². The SMILES string of the molecule is CCCCC(OCCCc1ccccc1)C(=O)OC. The van der Waals surface area contributed by atoms with Crippen molar-refractivity contribution in [3.8, 4) is 0 Å². The molecule has 0 amide bonds. The van der Waals surface area contributed by atoms with Crippen molar-refractivity contribution >= 4 is 5.97 Å². The number of unbranched alkanes of at least 4 members (excludes halogenated alkanes) is 1. The average Bonchev–Trinajstić information content (AvgIpc) is 2.47. The Morgan fingerprint density at radius 1 is 1.21 bits per heavy atom. The summed E-state index contributed by atoms with van der Waals surface area (Å²) in [5.74, 6) is -0.256. The summed E-state index contributed by atoms with van der Waals surface area (Å²) >= 11 is 0. The minimum atomic E-state index is -0.402. The van der Waals surface area contributed by atoms with Gasteiger partial charge < -0.3 is 9.47 Å². The van der Waals surface area contributed by atoms with Crippen LogP contribution in [0.3, 0.4) is 0 Å². The highest BCUT2D eigenvalue weighted by atomic mass is 16.6. The Morgan fingerprint density at radius 2 is 1.95 bits per heavy atom. The van der Waals surface area contributed by atoms with Gasteiger partial charge in [0.2, 0.25) is 0 Å².